The molecule has 37 heavy (non-hydrogen) atoms. The van der Waals surface area contributed by atoms with Gasteiger partial charge in [-0.15, -0.1) is 0 Å². The number of nitrogens with one attached hydrogen (secondary N) is 4. The molecule has 0 radical (unpaired) electrons. The van der Waals surface area contributed by atoms with E-state index in [9.17, 15) is 8.42 Å². The van der Waals surface area contributed by atoms with Gasteiger partial charge in [-0.05, 0) is 51.0 Å². The van der Waals surface area contributed by atoms with Gasteiger partial charge in [0.05, 0.1) is 16.3 Å². The van der Waals surface area contributed by atoms with E-state index < -0.39 is 10.0 Å². The van der Waals surface area contributed by atoms with Crippen molar-refractivity contribution in [3.8, 4) is 11.5 Å². The summed E-state index contributed by atoms with van der Waals surface area (Å²) in [6.45, 7) is 7.87. The lowest BCUT2D eigenvalue weighted by atomic mass is 10.0. The minimum absolute atomic E-state index is 0.282. The lowest BCUT2D eigenvalue weighted by molar-refractivity contribution is 0.482. The maximum absolute atomic E-state index is 12.5. The Hall–Kier alpha value is -3.75. The minimum Gasteiger partial charge on any atom is -0.453 e. The number of hydrogen-bond donors (Lipinski definition) is 4. The van der Waals surface area contributed by atoms with Crippen LogP contribution in [0.5, 0.6) is 11.5 Å². The first-order valence-corrected chi connectivity index (χ1v) is 14.0. The normalized spacial score (nSPS) is 12.3. The molecule has 0 aromatic heterocycles. The van der Waals surface area contributed by atoms with E-state index in [1.165, 1.54) is 0 Å². The molecule has 7 nitrogen and oxygen atoms in total. The van der Waals surface area contributed by atoms with E-state index in [0.717, 1.165) is 62.7 Å². The van der Waals surface area contributed by atoms with Gasteiger partial charge in [0.25, 0.3) is 0 Å². The lowest BCUT2D eigenvalue weighted by Gasteiger charge is -2.26. The van der Waals surface area contributed by atoms with Crippen molar-refractivity contribution < 1.29 is 13.2 Å². The molecule has 4 N–H and O–H groups in total. The SMILES string of the molecule is CCNc1cc2c(cc1C)Nc1c(cc(NCCCNS(=O)(=O)c3ccc(C)cc3)c3ccccc13)O2. The molecule has 1 heterocycles. The molecule has 0 unspecified atom stereocenters. The van der Waals surface area contributed by atoms with Crippen LogP contribution < -0.4 is 25.4 Å². The van der Waals surface area contributed by atoms with Crippen LogP contribution in [0.3, 0.4) is 0 Å². The van der Waals surface area contributed by atoms with Crippen LogP contribution in [0.4, 0.5) is 22.7 Å². The molecular formula is C29H32N4O3S. The van der Waals surface area contributed by atoms with Crippen molar-refractivity contribution in [3.63, 3.8) is 0 Å². The third-order valence-corrected chi connectivity index (χ3v) is 7.95. The molecule has 0 saturated heterocycles. The predicted molar refractivity (Wildman–Crippen MR) is 152 cm³/mol. The number of rotatable bonds is 9. The second-order valence-corrected chi connectivity index (χ2v) is 11.0. The van der Waals surface area contributed by atoms with Crippen molar-refractivity contribution in [2.24, 2.45) is 0 Å². The van der Waals surface area contributed by atoms with Gasteiger partial charge < -0.3 is 20.7 Å². The second kappa shape index (κ2) is 10.3. The Morgan fingerprint density at radius 3 is 2.32 bits per heavy atom. The van der Waals surface area contributed by atoms with Crippen molar-refractivity contribution in [1.82, 2.24) is 4.72 Å². The Labute approximate surface area is 218 Å². The average molecular weight is 517 g/mol. The number of hydrogen-bond acceptors (Lipinski definition) is 6. The highest BCUT2D eigenvalue weighted by atomic mass is 32.2. The van der Waals surface area contributed by atoms with E-state index in [-0.39, 0.29) is 4.90 Å². The van der Waals surface area contributed by atoms with Gasteiger partial charge in [0, 0.05) is 53.9 Å². The molecule has 192 valence electrons. The van der Waals surface area contributed by atoms with E-state index in [1.54, 1.807) is 24.3 Å². The fourth-order valence-corrected chi connectivity index (χ4v) is 5.60. The molecule has 5 rings (SSSR count). The maximum atomic E-state index is 12.5. The summed E-state index contributed by atoms with van der Waals surface area (Å²) in [4.78, 5) is 0.282. The van der Waals surface area contributed by atoms with E-state index >= 15 is 0 Å². The molecule has 0 amide bonds. The summed E-state index contributed by atoms with van der Waals surface area (Å²) in [5.74, 6) is 1.53. The maximum Gasteiger partial charge on any atom is 0.240 e. The summed E-state index contributed by atoms with van der Waals surface area (Å²) in [7, 11) is -3.52. The number of ether oxygens (including phenoxy) is 1. The number of fused-ring (bicyclic) bond motifs is 4. The van der Waals surface area contributed by atoms with Crippen molar-refractivity contribution in [3.05, 3.63) is 77.9 Å². The van der Waals surface area contributed by atoms with Gasteiger partial charge in [0.2, 0.25) is 10.0 Å². The van der Waals surface area contributed by atoms with Crippen LogP contribution in [0, 0.1) is 13.8 Å². The molecule has 4 aromatic rings. The molecule has 1 aliphatic rings. The van der Waals surface area contributed by atoms with Gasteiger partial charge >= 0.3 is 0 Å². The Bertz CT molecular complexity index is 1550. The zero-order valence-corrected chi connectivity index (χ0v) is 22.1. The van der Waals surface area contributed by atoms with Gasteiger partial charge in [-0.25, -0.2) is 13.1 Å². The van der Waals surface area contributed by atoms with Crippen LogP contribution in [-0.4, -0.2) is 28.1 Å². The van der Waals surface area contributed by atoms with Crippen molar-refractivity contribution in [2.45, 2.75) is 32.1 Å². The number of benzene rings is 4. The average Bonchev–Trinajstić information content (AvgIpc) is 2.88. The van der Waals surface area contributed by atoms with E-state index in [0.29, 0.717) is 19.5 Å². The number of sulfonamides is 1. The second-order valence-electron chi connectivity index (χ2n) is 9.25. The monoisotopic (exact) mass is 516 g/mol. The van der Waals surface area contributed by atoms with Crippen molar-refractivity contribution in [2.75, 3.05) is 35.6 Å². The molecule has 0 aliphatic carbocycles. The van der Waals surface area contributed by atoms with Gasteiger partial charge in [0.15, 0.2) is 11.5 Å². The van der Waals surface area contributed by atoms with Gasteiger partial charge in [-0.2, -0.15) is 0 Å². The third kappa shape index (κ3) is 5.21. The quantitative estimate of drug-likeness (QED) is 0.167. The summed E-state index contributed by atoms with van der Waals surface area (Å²) in [6.07, 6.45) is 0.629. The first kappa shape index (κ1) is 24.9. The van der Waals surface area contributed by atoms with Crippen LogP contribution in [0.15, 0.2) is 71.6 Å². The first-order valence-electron chi connectivity index (χ1n) is 12.5. The van der Waals surface area contributed by atoms with Crippen molar-refractivity contribution >= 4 is 43.5 Å². The summed E-state index contributed by atoms with van der Waals surface area (Å²) < 4.78 is 34.1. The van der Waals surface area contributed by atoms with Gasteiger partial charge in [-0.3, -0.25) is 0 Å². The zero-order chi connectivity index (χ0) is 26.0. The van der Waals surface area contributed by atoms with Crippen LogP contribution in [-0.2, 0) is 10.0 Å². The smallest absolute Gasteiger partial charge is 0.240 e. The Kier molecular flexibility index (Phi) is 6.95. The summed E-state index contributed by atoms with van der Waals surface area (Å²) in [5.41, 5.74) is 6.06. The van der Waals surface area contributed by atoms with E-state index in [4.69, 9.17) is 4.74 Å². The lowest BCUT2D eigenvalue weighted by Crippen LogP contribution is -2.26. The molecule has 0 saturated carbocycles. The fourth-order valence-electron chi connectivity index (χ4n) is 4.53. The van der Waals surface area contributed by atoms with Crippen LogP contribution in [0.1, 0.15) is 24.5 Å². The Morgan fingerprint density at radius 2 is 1.57 bits per heavy atom. The largest absolute Gasteiger partial charge is 0.453 e. The molecule has 0 atom stereocenters. The first-order chi connectivity index (χ1) is 17.9. The minimum atomic E-state index is -3.52. The molecule has 0 fully saturated rings. The molecule has 4 aromatic carbocycles. The van der Waals surface area contributed by atoms with Crippen LogP contribution >= 0.6 is 0 Å². The van der Waals surface area contributed by atoms with E-state index in [1.807, 2.05) is 31.2 Å². The summed E-state index contributed by atoms with van der Waals surface area (Å²) in [5, 5.41) is 12.6. The topological polar surface area (TPSA) is 91.5 Å². The van der Waals surface area contributed by atoms with Crippen LogP contribution in [0.2, 0.25) is 0 Å². The van der Waals surface area contributed by atoms with Crippen molar-refractivity contribution in [1.29, 1.82) is 0 Å². The highest BCUT2D eigenvalue weighted by molar-refractivity contribution is 7.89. The zero-order valence-electron chi connectivity index (χ0n) is 21.3. The highest BCUT2D eigenvalue weighted by Gasteiger charge is 2.22. The molecule has 8 heteroatoms. The Balaban J connectivity index is 1.31. The summed E-state index contributed by atoms with van der Waals surface area (Å²) >= 11 is 0. The number of aryl methyl sites for hydroxylation is 2. The predicted octanol–water partition coefficient (Wildman–Crippen LogP) is 6.52. The summed E-state index contributed by atoms with van der Waals surface area (Å²) in [6, 6.07) is 21.2. The molecule has 1 aliphatic heterocycles. The van der Waals surface area contributed by atoms with Gasteiger partial charge in [0.1, 0.15) is 0 Å². The third-order valence-electron chi connectivity index (χ3n) is 6.47. The Morgan fingerprint density at radius 1 is 0.838 bits per heavy atom. The van der Waals surface area contributed by atoms with E-state index in [2.05, 4.69) is 52.7 Å². The molecular weight excluding hydrogens is 484 g/mol. The van der Waals surface area contributed by atoms with Gasteiger partial charge in [-0.1, -0.05) is 42.0 Å². The molecule has 0 bridgehead atoms. The molecule has 0 spiro atoms. The highest BCUT2D eigenvalue weighted by Crippen LogP contribution is 2.48. The van der Waals surface area contributed by atoms with Crippen LogP contribution in [0.25, 0.3) is 10.8 Å². The number of anilines is 4. The fraction of sp³-hybridized carbons (Fsp3) is 0.241. The standard InChI is InChI=1S/C29H32N4O3S/c1-4-30-24-17-27-26(16-20(24)3)33-29-23-9-6-5-8-22(23)25(18-28(29)36-27)31-14-7-15-32-37(34,35)21-12-10-19(2)11-13-21/h5-6,8-13,16-18,30-33H,4,7,14-15H2,1-3H3.